The first kappa shape index (κ1) is 43.3. The zero-order valence-corrected chi connectivity index (χ0v) is 34.9. The third-order valence-electron chi connectivity index (χ3n) is 12.7. The molecule has 3 saturated heterocycles. The minimum atomic E-state index is -2.06. The predicted molar refractivity (Wildman–Crippen MR) is 227 cm³/mol. The first-order valence-corrected chi connectivity index (χ1v) is 21.3. The number of ketones is 2. The van der Waals surface area contributed by atoms with Gasteiger partial charge in [0.15, 0.2) is 0 Å². The van der Waals surface area contributed by atoms with Crippen LogP contribution in [0.15, 0.2) is 121 Å². The average Bonchev–Trinajstić information content (AvgIpc) is 4.10. The van der Waals surface area contributed by atoms with E-state index < -0.39 is 63.8 Å². The number of amides is 4. The molecule has 1 N–H and O–H groups in total. The molecule has 0 radical (unpaired) electrons. The van der Waals surface area contributed by atoms with Crippen LogP contribution < -0.4 is 5.32 Å². The Hall–Kier alpha value is -5.82. The summed E-state index contributed by atoms with van der Waals surface area (Å²) >= 11 is 0. The van der Waals surface area contributed by atoms with Crippen molar-refractivity contribution < 1.29 is 42.7 Å². The molecule has 318 valence electrons. The van der Waals surface area contributed by atoms with E-state index in [1.165, 1.54) is 23.9 Å². The van der Waals surface area contributed by atoms with Crippen molar-refractivity contribution in [3.63, 3.8) is 0 Å². The maximum atomic E-state index is 15.7. The zero-order valence-electron chi connectivity index (χ0n) is 34.9. The fourth-order valence-electron chi connectivity index (χ4n) is 9.33. The second-order valence-corrected chi connectivity index (χ2v) is 16.5. The van der Waals surface area contributed by atoms with Crippen LogP contribution in [0.2, 0.25) is 0 Å². The van der Waals surface area contributed by atoms with Gasteiger partial charge in [0.05, 0.1) is 20.2 Å². The van der Waals surface area contributed by atoms with E-state index in [0.29, 0.717) is 43.4 Å². The summed E-state index contributed by atoms with van der Waals surface area (Å²) in [5, 5.41) is 2.93. The number of likely N-dealkylation sites (tertiary alicyclic amines) is 1. The molecule has 0 aliphatic carbocycles. The number of carbonyl (C=O) groups is 6. The minimum absolute atomic E-state index is 0.0476. The lowest BCUT2D eigenvalue weighted by Gasteiger charge is -2.51. The number of carbonyl (C=O) groups excluding carboxylic acids is 6. The molecule has 12 nitrogen and oxygen atoms in total. The van der Waals surface area contributed by atoms with Gasteiger partial charge >= 0.3 is 11.8 Å². The van der Waals surface area contributed by atoms with Gasteiger partial charge in [0, 0.05) is 45.8 Å². The zero-order chi connectivity index (χ0) is 43.0. The van der Waals surface area contributed by atoms with E-state index in [1.54, 1.807) is 24.3 Å². The Balaban J connectivity index is 1.31. The van der Waals surface area contributed by atoms with Crippen LogP contribution in [-0.4, -0.2) is 101 Å². The Morgan fingerprint density at radius 3 is 1.90 bits per heavy atom. The Morgan fingerprint density at radius 1 is 0.770 bits per heavy atom. The number of nitrogens with one attached hydrogen (secondary N) is 1. The molecule has 0 spiro atoms. The number of nitrogens with zero attached hydrogens (tertiary/aromatic N) is 3. The highest BCUT2D eigenvalue weighted by atomic mass is 16.5. The molecule has 61 heavy (non-hydrogen) atoms. The quantitative estimate of drug-likeness (QED) is 0.109. The van der Waals surface area contributed by atoms with Crippen LogP contribution in [0.5, 0.6) is 0 Å². The Labute approximate surface area is 357 Å². The summed E-state index contributed by atoms with van der Waals surface area (Å²) < 4.78 is 11.2. The number of Topliss-reactive ketones (excluding diaryl/α,β-unsaturated/α-hetero) is 2. The fourth-order valence-corrected chi connectivity index (χ4v) is 9.33. The van der Waals surface area contributed by atoms with Gasteiger partial charge in [0.2, 0.25) is 17.9 Å². The Morgan fingerprint density at radius 2 is 1.33 bits per heavy atom. The third kappa shape index (κ3) is 9.12. The second kappa shape index (κ2) is 19.3. The van der Waals surface area contributed by atoms with Gasteiger partial charge in [-0.2, -0.15) is 0 Å². The van der Waals surface area contributed by atoms with Gasteiger partial charge in [-0.15, -0.1) is 0 Å². The normalized spacial score (nSPS) is 21.9. The van der Waals surface area contributed by atoms with E-state index in [0.717, 1.165) is 17.5 Å². The maximum Gasteiger partial charge on any atom is 0.386 e. The van der Waals surface area contributed by atoms with Crippen LogP contribution >= 0.6 is 0 Å². The molecule has 4 aromatic rings. The fraction of sp³-hybridized carbons (Fsp3) is 0.388. The van der Waals surface area contributed by atoms with E-state index in [2.05, 4.69) is 5.32 Å². The van der Waals surface area contributed by atoms with Gasteiger partial charge in [-0.25, -0.2) is 9.28 Å². The predicted octanol–water partition coefficient (Wildman–Crippen LogP) is 5.49. The van der Waals surface area contributed by atoms with E-state index in [1.807, 2.05) is 97.1 Å². The molecule has 0 saturated carbocycles. The number of quaternary nitrogens is 1. The summed E-state index contributed by atoms with van der Waals surface area (Å²) in [6, 6.07) is 36.1. The first-order valence-electron chi connectivity index (χ1n) is 21.3. The van der Waals surface area contributed by atoms with Crippen LogP contribution in [0.1, 0.15) is 73.1 Å². The Kier molecular flexibility index (Phi) is 13.7. The SMILES string of the molecule is CN(C(=O)C(=O)C(Cc1ccccc1)NC(=O)C1([N+](C)(C(=O)C(=O)CC(Cc2ccccc2)c2ccccc2)[C@@H]2CCCO2)CCC(=O)N1Cc1ccccc1)[C@H]1CCCO1. The molecular formula is C49H55N4O8+. The van der Waals surface area contributed by atoms with Crippen LogP contribution in [0.3, 0.4) is 0 Å². The van der Waals surface area contributed by atoms with Gasteiger partial charge in [-0.1, -0.05) is 121 Å². The highest BCUT2D eigenvalue weighted by molar-refractivity contribution is 6.38. The standard InChI is InChI=1S/C49H54N4O8/c1-51(43-25-15-29-60-43)46(57)45(56)40(32-36-19-9-4-10-20-36)50-48(59)49(28-27-42(55)52(49)34-37-21-11-5-12-22-37)53(2,44-26-16-30-61-44)47(58)41(54)33-39(38-23-13-6-14-24-38)31-35-17-7-3-8-18-35/h3-14,17-24,39-40,43-44H,15-16,25-34H2,1-2H3/p+1/t39?,40?,43-,44+,49?,53?/m1/s1. The van der Waals surface area contributed by atoms with Gasteiger partial charge in [-0.05, 0) is 53.9 Å². The van der Waals surface area contributed by atoms with E-state index in [-0.39, 0.29) is 44.8 Å². The van der Waals surface area contributed by atoms with Gasteiger partial charge < -0.3 is 19.7 Å². The van der Waals surface area contributed by atoms with Gasteiger partial charge in [0.25, 0.3) is 17.4 Å². The molecule has 0 bridgehead atoms. The Bertz CT molecular complexity index is 2180. The second-order valence-electron chi connectivity index (χ2n) is 16.5. The van der Waals surface area contributed by atoms with E-state index in [9.17, 15) is 19.2 Å². The molecule has 4 unspecified atom stereocenters. The smallest absolute Gasteiger partial charge is 0.358 e. The molecule has 4 aromatic carbocycles. The molecular weight excluding hydrogens is 773 g/mol. The number of hydrogen-bond acceptors (Lipinski definition) is 8. The molecule has 3 aliphatic rings. The topological polar surface area (TPSA) is 139 Å². The van der Waals surface area contributed by atoms with Crippen molar-refractivity contribution in [3.05, 3.63) is 144 Å². The molecule has 0 aromatic heterocycles. The highest BCUT2D eigenvalue weighted by Gasteiger charge is 2.70. The minimum Gasteiger partial charge on any atom is -0.358 e. The van der Waals surface area contributed by atoms with Crippen molar-refractivity contribution in [1.29, 1.82) is 0 Å². The first-order chi connectivity index (χ1) is 29.5. The molecule has 3 fully saturated rings. The largest absolute Gasteiger partial charge is 0.386 e. The molecule has 4 amide bonds. The van der Waals surface area contributed by atoms with Crippen molar-refractivity contribution in [2.24, 2.45) is 0 Å². The summed E-state index contributed by atoms with van der Waals surface area (Å²) in [7, 11) is 3.04. The van der Waals surface area contributed by atoms with Crippen molar-refractivity contribution in [1.82, 2.24) is 15.1 Å². The summed E-state index contributed by atoms with van der Waals surface area (Å²) in [6.45, 7) is 0.678. The van der Waals surface area contributed by atoms with Gasteiger partial charge in [-0.3, -0.25) is 28.9 Å². The van der Waals surface area contributed by atoms with Crippen molar-refractivity contribution >= 4 is 35.2 Å². The molecule has 3 heterocycles. The van der Waals surface area contributed by atoms with Crippen molar-refractivity contribution in [3.8, 4) is 0 Å². The van der Waals surface area contributed by atoms with Crippen molar-refractivity contribution in [2.45, 2.75) is 94.4 Å². The summed E-state index contributed by atoms with van der Waals surface area (Å²) in [5.74, 6) is -4.88. The van der Waals surface area contributed by atoms with Crippen LogP contribution in [0.4, 0.5) is 0 Å². The van der Waals surface area contributed by atoms with Crippen molar-refractivity contribution in [2.75, 3.05) is 27.3 Å². The molecule has 6 atom stereocenters. The number of hydrogen-bond donors (Lipinski definition) is 1. The monoisotopic (exact) mass is 827 g/mol. The van der Waals surface area contributed by atoms with Gasteiger partial charge in [0.1, 0.15) is 12.3 Å². The lowest BCUT2D eigenvalue weighted by Crippen LogP contribution is -2.80. The maximum absolute atomic E-state index is 15.7. The average molecular weight is 828 g/mol. The number of ether oxygens (including phenoxy) is 2. The van der Waals surface area contributed by atoms with Crippen LogP contribution in [0, 0.1) is 0 Å². The van der Waals surface area contributed by atoms with E-state index in [4.69, 9.17) is 9.47 Å². The van der Waals surface area contributed by atoms with E-state index >= 15 is 9.59 Å². The summed E-state index contributed by atoms with van der Waals surface area (Å²) in [6.07, 6.45) is 0.633. The molecule has 3 aliphatic heterocycles. The number of likely N-dealkylation sites (N-methyl/N-ethyl adjacent to an activating group) is 2. The molecule has 7 rings (SSSR count). The highest BCUT2D eigenvalue weighted by Crippen LogP contribution is 2.45. The third-order valence-corrected chi connectivity index (χ3v) is 12.7. The summed E-state index contributed by atoms with van der Waals surface area (Å²) in [4.78, 5) is 91.4. The van der Waals surface area contributed by atoms with Crippen LogP contribution in [-0.2, 0) is 57.6 Å². The molecule has 12 heteroatoms. The number of benzene rings is 4. The van der Waals surface area contributed by atoms with Crippen LogP contribution in [0.25, 0.3) is 0 Å². The lowest BCUT2D eigenvalue weighted by atomic mass is 9.86. The summed E-state index contributed by atoms with van der Waals surface area (Å²) in [5.41, 5.74) is 1.19. The number of rotatable bonds is 17. The lowest BCUT2D eigenvalue weighted by molar-refractivity contribution is -0.929.